The summed E-state index contributed by atoms with van der Waals surface area (Å²) in [5.74, 6) is 0.676. The summed E-state index contributed by atoms with van der Waals surface area (Å²) < 4.78 is 0. The number of amides is 1. The van der Waals surface area contributed by atoms with Crippen molar-refractivity contribution in [3.05, 3.63) is 39.3 Å². The molecule has 118 valence electrons. The molecule has 6 nitrogen and oxygen atoms in total. The van der Waals surface area contributed by atoms with Crippen molar-refractivity contribution in [2.24, 2.45) is 0 Å². The summed E-state index contributed by atoms with van der Waals surface area (Å²) >= 11 is 3.09. The van der Waals surface area contributed by atoms with Crippen molar-refractivity contribution in [1.82, 2.24) is 25.1 Å². The Bertz CT molecular complexity index is 809. The molecular formula is C15H15N5OS2. The molecule has 4 heterocycles. The summed E-state index contributed by atoms with van der Waals surface area (Å²) in [6, 6.07) is 4.35. The van der Waals surface area contributed by atoms with Crippen LogP contribution in [0.5, 0.6) is 0 Å². The molecule has 1 fully saturated rings. The zero-order valence-electron chi connectivity index (χ0n) is 12.5. The molecule has 0 unspecified atom stereocenters. The largest absolute Gasteiger partial charge is 0.330 e. The van der Waals surface area contributed by atoms with Crippen LogP contribution in [-0.4, -0.2) is 37.5 Å². The second-order valence-electron chi connectivity index (χ2n) is 5.44. The van der Waals surface area contributed by atoms with Crippen molar-refractivity contribution in [2.75, 3.05) is 6.54 Å². The number of rotatable bonds is 3. The van der Waals surface area contributed by atoms with E-state index in [1.165, 1.54) is 22.5 Å². The van der Waals surface area contributed by atoms with Crippen molar-refractivity contribution in [1.29, 1.82) is 0 Å². The molecule has 1 N–H and O–H groups in total. The van der Waals surface area contributed by atoms with Crippen molar-refractivity contribution in [3.8, 4) is 10.8 Å². The molecule has 0 radical (unpaired) electrons. The maximum atomic E-state index is 13.0. The molecule has 1 aliphatic heterocycles. The van der Waals surface area contributed by atoms with Gasteiger partial charge in [-0.25, -0.2) is 9.97 Å². The molecule has 1 atom stereocenters. The molecule has 1 saturated heterocycles. The van der Waals surface area contributed by atoms with Crippen LogP contribution in [0, 0.1) is 6.92 Å². The molecular weight excluding hydrogens is 330 g/mol. The first-order chi connectivity index (χ1) is 11.2. The number of nitrogens with one attached hydrogen (secondary N) is 1. The molecule has 3 aromatic heterocycles. The monoisotopic (exact) mass is 345 g/mol. The number of thiophene rings is 1. The van der Waals surface area contributed by atoms with E-state index in [4.69, 9.17) is 0 Å². The summed E-state index contributed by atoms with van der Waals surface area (Å²) in [7, 11) is 0. The fraction of sp³-hybridized carbons (Fsp3) is 0.333. The van der Waals surface area contributed by atoms with Crippen LogP contribution in [0.3, 0.4) is 0 Å². The van der Waals surface area contributed by atoms with E-state index in [0.717, 1.165) is 25.1 Å². The highest BCUT2D eigenvalue weighted by atomic mass is 32.1. The van der Waals surface area contributed by atoms with Crippen LogP contribution in [0.2, 0.25) is 0 Å². The van der Waals surface area contributed by atoms with Gasteiger partial charge in [-0.15, -0.1) is 22.7 Å². The minimum Gasteiger partial charge on any atom is -0.330 e. The third-order valence-corrected chi connectivity index (χ3v) is 6.12. The van der Waals surface area contributed by atoms with Crippen LogP contribution >= 0.6 is 22.7 Å². The van der Waals surface area contributed by atoms with Gasteiger partial charge in [0.2, 0.25) is 0 Å². The van der Waals surface area contributed by atoms with Crippen LogP contribution in [0.1, 0.15) is 39.1 Å². The average molecular weight is 345 g/mol. The van der Waals surface area contributed by atoms with E-state index in [-0.39, 0.29) is 11.9 Å². The summed E-state index contributed by atoms with van der Waals surface area (Å²) in [6.45, 7) is 2.68. The predicted octanol–water partition coefficient (Wildman–Crippen LogP) is 3.28. The maximum Gasteiger partial charge on any atom is 0.266 e. The highest BCUT2D eigenvalue weighted by Gasteiger charge is 2.33. The normalized spacial score (nSPS) is 17.8. The lowest BCUT2D eigenvalue weighted by atomic mass is 10.2. The van der Waals surface area contributed by atoms with Gasteiger partial charge >= 0.3 is 0 Å². The van der Waals surface area contributed by atoms with Gasteiger partial charge in [0.1, 0.15) is 11.2 Å². The predicted molar refractivity (Wildman–Crippen MR) is 89.6 cm³/mol. The minimum atomic E-state index is 0.0710. The van der Waals surface area contributed by atoms with Gasteiger partial charge in [-0.1, -0.05) is 6.07 Å². The first kappa shape index (κ1) is 14.5. The molecule has 0 aromatic carbocycles. The molecule has 1 aliphatic rings. The number of aromatic nitrogens is 4. The number of nitrogens with zero attached hydrogens (tertiary/aromatic N) is 4. The topological polar surface area (TPSA) is 74.8 Å². The van der Waals surface area contributed by atoms with Crippen molar-refractivity contribution >= 4 is 28.6 Å². The lowest BCUT2D eigenvalue weighted by Crippen LogP contribution is -2.30. The van der Waals surface area contributed by atoms with E-state index in [1.807, 2.05) is 17.9 Å². The molecule has 0 saturated carbocycles. The number of H-pyrrole nitrogens is 1. The third-order valence-electron chi connectivity index (χ3n) is 3.99. The smallest absolute Gasteiger partial charge is 0.266 e. The lowest BCUT2D eigenvalue weighted by molar-refractivity contribution is 0.0742. The van der Waals surface area contributed by atoms with E-state index >= 15 is 0 Å². The zero-order valence-corrected chi connectivity index (χ0v) is 14.2. The number of carbonyl (C=O) groups excluding carboxylic acids is 1. The summed E-state index contributed by atoms with van der Waals surface area (Å²) in [5.41, 5.74) is 0.753. The first-order valence-electron chi connectivity index (χ1n) is 7.41. The van der Waals surface area contributed by atoms with E-state index < -0.39 is 0 Å². The highest BCUT2D eigenvalue weighted by molar-refractivity contribution is 7.17. The van der Waals surface area contributed by atoms with Crippen LogP contribution in [-0.2, 0) is 0 Å². The fourth-order valence-electron chi connectivity index (χ4n) is 2.92. The number of aromatic amines is 1. The van der Waals surface area contributed by atoms with Crippen molar-refractivity contribution in [2.45, 2.75) is 25.8 Å². The Labute approximate surface area is 141 Å². The first-order valence-corrected chi connectivity index (χ1v) is 9.11. The number of aryl methyl sites for hydroxylation is 1. The number of hydrogen-bond acceptors (Lipinski definition) is 6. The Morgan fingerprint density at radius 3 is 3.13 bits per heavy atom. The standard InChI is InChI=1S/C15H15N5OS2/c1-9-12(23-14(18-9)13-16-8-17-19-13)15(21)20-6-2-4-10(20)11-5-3-7-22-11/h3,5,7-8,10H,2,4,6H2,1H3,(H,16,17,19)/t10-/m1/s1. The highest BCUT2D eigenvalue weighted by Crippen LogP contribution is 2.37. The average Bonchev–Trinajstić information content (AvgIpc) is 3.31. The van der Waals surface area contributed by atoms with E-state index in [0.29, 0.717) is 15.7 Å². The van der Waals surface area contributed by atoms with E-state index in [1.54, 1.807) is 11.3 Å². The van der Waals surface area contributed by atoms with Crippen LogP contribution in [0.15, 0.2) is 23.8 Å². The van der Waals surface area contributed by atoms with Gasteiger partial charge in [0.15, 0.2) is 10.8 Å². The van der Waals surface area contributed by atoms with Crippen LogP contribution < -0.4 is 0 Å². The number of thiazole rings is 1. The van der Waals surface area contributed by atoms with Gasteiger partial charge in [-0.3, -0.25) is 9.89 Å². The molecule has 8 heteroatoms. The second kappa shape index (κ2) is 5.86. The molecule has 4 rings (SSSR count). The van der Waals surface area contributed by atoms with Crippen LogP contribution in [0.25, 0.3) is 10.8 Å². The molecule has 3 aromatic rings. The second-order valence-corrected chi connectivity index (χ2v) is 7.42. The van der Waals surface area contributed by atoms with Gasteiger partial charge in [-0.2, -0.15) is 5.10 Å². The Morgan fingerprint density at radius 2 is 2.39 bits per heavy atom. The maximum absolute atomic E-state index is 13.0. The lowest BCUT2D eigenvalue weighted by Gasteiger charge is -2.23. The van der Waals surface area contributed by atoms with E-state index in [9.17, 15) is 4.79 Å². The van der Waals surface area contributed by atoms with Gasteiger partial charge in [0.05, 0.1) is 11.7 Å². The minimum absolute atomic E-state index is 0.0710. The molecule has 0 aliphatic carbocycles. The zero-order chi connectivity index (χ0) is 15.8. The number of likely N-dealkylation sites (tertiary alicyclic amines) is 1. The molecule has 0 spiro atoms. The molecule has 0 bridgehead atoms. The van der Waals surface area contributed by atoms with Gasteiger partial charge < -0.3 is 4.90 Å². The van der Waals surface area contributed by atoms with Gasteiger partial charge in [0.25, 0.3) is 5.91 Å². The number of carbonyl (C=O) groups is 1. The fourth-order valence-corrected chi connectivity index (χ4v) is 4.76. The number of hydrogen-bond donors (Lipinski definition) is 1. The van der Waals surface area contributed by atoms with Crippen molar-refractivity contribution < 1.29 is 4.79 Å². The quantitative estimate of drug-likeness (QED) is 0.790. The Morgan fingerprint density at radius 1 is 1.48 bits per heavy atom. The SMILES string of the molecule is Cc1nc(-c2ncn[nH]2)sc1C(=O)N1CCC[C@@H]1c1cccs1. The van der Waals surface area contributed by atoms with Gasteiger partial charge in [0, 0.05) is 11.4 Å². The van der Waals surface area contributed by atoms with E-state index in [2.05, 4.69) is 31.6 Å². The molecule has 23 heavy (non-hydrogen) atoms. The Hall–Kier alpha value is -2.06. The van der Waals surface area contributed by atoms with Crippen LogP contribution in [0.4, 0.5) is 0 Å². The van der Waals surface area contributed by atoms with Gasteiger partial charge in [-0.05, 0) is 31.2 Å². The summed E-state index contributed by atoms with van der Waals surface area (Å²) in [4.78, 5) is 25.5. The third kappa shape index (κ3) is 2.57. The molecule has 1 amide bonds. The van der Waals surface area contributed by atoms with Crippen molar-refractivity contribution in [3.63, 3.8) is 0 Å². The Balaban J connectivity index is 1.64. The Kier molecular flexibility index (Phi) is 3.70. The summed E-state index contributed by atoms with van der Waals surface area (Å²) in [6.07, 6.45) is 3.51. The summed E-state index contributed by atoms with van der Waals surface area (Å²) in [5, 5.41) is 9.41.